The quantitative estimate of drug-likeness (QED) is 0.740. The largest absolute Gasteiger partial charge is 0.500 e. The molecule has 1 saturated heterocycles. The molecule has 1 aromatic rings. The Morgan fingerprint density at radius 2 is 1.56 bits per heavy atom. The minimum absolute atomic E-state index is 0.0102. The lowest BCUT2D eigenvalue weighted by Crippen LogP contribution is -2.41. The molecule has 0 unspecified atom stereocenters. The summed E-state index contributed by atoms with van der Waals surface area (Å²) in [6, 6.07) is 3.49. The summed E-state index contributed by atoms with van der Waals surface area (Å²) < 4.78 is 17.4. The molecule has 0 atom stereocenters. The number of carbonyl (C=O) groups is 1. The molecule has 134 valence electrons. The van der Waals surface area contributed by atoms with Gasteiger partial charge in [-0.2, -0.15) is 0 Å². The molecule has 1 aliphatic carbocycles. The Labute approximate surface area is 158 Å². The van der Waals surface area contributed by atoms with Crippen molar-refractivity contribution < 1.29 is 18.8 Å². The van der Waals surface area contributed by atoms with E-state index in [-0.39, 0.29) is 5.78 Å². The molecule has 0 spiro atoms. The molecule has 1 aromatic carbocycles. The number of allylic oxidation sites excluding steroid dienone is 2. The Bertz CT molecular complexity index is 731. The summed E-state index contributed by atoms with van der Waals surface area (Å²) in [6.45, 7) is 7.93. The van der Waals surface area contributed by atoms with E-state index in [1.807, 2.05) is 27.7 Å². The third kappa shape index (κ3) is 3.12. The van der Waals surface area contributed by atoms with Crippen LogP contribution in [0.1, 0.15) is 46.1 Å². The van der Waals surface area contributed by atoms with Crippen LogP contribution in [0.5, 0.6) is 0 Å². The van der Waals surface area contributed by atoms with E-state index < -0.39 is 18.3 Å². The molecule has 7 heteroatoms. The summed E-state index contributed by atoms with van der Waals surface area (Å²) in [5, 5.41) is 0.772. The zero-order valence-corrected chi connectivity index (χ0v) is 16.5. The topological polar surface area (TPSA) is 44.8 Å². The van der Waals surface area contributed by atoms with Crippen LogP contribution in [0.25, 0.3) is 5.57 Å². The minimum atomic E-state index is -0.566. The lowest BCUT2D eigenvalue weighted by atomic mass is 9.78. The Kier molecular flexibility index (Phi) is 4.74. The van der Waals surface area contributed by atoms with E-state index in [0.717, 1.165) is 5.46 Å². The number of ketones is 1. The molecule has 0 saturated carbocycles. The molecule has 0 amide bonds. The van der Waals surface area contributed by atoms with Gasteiger partial charge in [-0.1, -0.05) is 23.2 Å². The second-order valence-corrected chi connectivity index (χ2v) is 8.19. The van der Waals surface area contributed by atoms with Gasteiger partial charge in [0.1, 0.15) is 5.76 Å². The van der Waals surface area contributed by atoms with Crippen molar-refractivity contribution in [2.45, 2.75) is 51.7 Å². The maximum atomic E-state index is 12.3. The van der Waals surface area contributed by atoms with E-state index in [2.05, 4.69) is 0 Å². The summed E-state index contributed by atoms with van der Waals surface area (Å²) in [5.41, 5.74) is 0.800. The maximum Gasteiger partial charge on any atom is 0.494 e. The number of hydrogen-bond donors (Lipinski definition) is 0. The molecule has 25 heavy (non-hydrogen) atoms. The summed E-state index contributed by atoms with van der Waals surface area (Å²) in [7, 11) is 0.985. The van der Waals surface area contributed by atoms with Crippen LogP contribution < -0.4 is 5.46 Å². The van der Waals surface area contributed by atoms with Gasteiger partial charge in [0.25, 0.3) is 0 Å². The van der Waals surface area contributed by atoms with Gasteiger partial charge in [-0.05, 0) is 45.3 Å². The second-order valence-electron chi connectivity index (χ2n) is 7.37. The van der Waals surface area contributed by atoms with Gasteiger partial charge in [0.15, 0.2) is 5.78 Å². The van der Waals surface area contributed by atoms with Crippen molar-refractivity contribution in [2.24, 2.45) is 0 Å². The van der Waals surface area contributed by atoms with E-state index in [1.54, 1.807) is 19.2 Å². The number of Topliss-reactive ketones (excluding diaryl/α,β-unsaturated/α-hetero) is 1. The highest BCUT2D eigenvalue weighted by molar-refractivity contribution is 6.63. The number of halogens is 2. The average molecular weight is 383 g/mol. The smallest absolute Gasteiger partial charge is 0.494 e. The van der Waals surface area contributed by atoms with Gasteiger partial charge in [-0.15, -0.1) is 0 Å². The van der Waals surface area contributed by atoms with Gasteiger partial charge in [0.05, 0.1) is 23.9 Å². The first-order valence-electron chi connectivity index (χ1n) is 8.22. The number of methoxy groups -OCH3 is 1. The third-order valence-corrected chi connectivity index (χ3v) is 5.82. The normalized spacial score (nSPS) is 22.0. The Hall–Kier alpha value is -1.01. The zero-order valence-electron chi connectivity index (χ0n) is 15.0. The van der Waals surface area contributed by atoms with Crippen molar-refractivity contribution in [1.29, 1.82) is 0 Å². The molecule has 3 rings (SSSR count). The predicted molar refractivity (Wildman–Crippen MR) is 100 cm³/mol. The highest BCUT2D eigenvalue weighted by atomic mass is 35.5. The number of ether oxygens (including phenoxy) is 1. The van der Waals surface area contributed by atoms with Crippen LogP contribution in [-0.2, 0) is 18.8 Å². The monoisotopic (exact) mass is 382 g/mol. The third-order valence-electron chi connectivity index (χ3n) is 5.22. The van der Waals surface area contributed by atoms with Gasteiger partial charge < -0.3 is 14.0 Å². The van der Waals surface area contributed by atoms with Crippen molar-refractivity contribution in [3.8, 4) is 0 Å². The zero-order chi connectivity index (χ0) is 18.6. The van der Waals surface area contributed by atoms with E-state index in [4.69, 9.17) is 37.2 Å². The van der Waals surface area contributed by atoms with Crippen LogP contribution in [0.4, 0.5) is 0 Å². The average Bonchev–Trinajstić information content (AvgIpc) is 2.96. The van der Waals surface area contributed by atoms with E-state index in [1.165, 1.54) is 0 Å². The molecule has 2 aliphatic rings. The molecular weight excluding hydrogens is 362 g/mol. The van der Waals surface area contributed by atoms with Crippen LogP contribution in [0, 0.1) is 0 Å². The number of carbonyl (C=O) groups excluding carboxylic acids is 1. The Morgan fingerprint density at radius 3 is 2.04 bits per heavy atom. The molecule has 0 aromatic heterocycles. The van der Waals surface area contributed by atoms with Crippen LogP contribution in [-0.4, -0.2) is 31.2 Å². The molecule has 1 fully saturated rings. The highest BCUT2D eigenvalue weighted by Gasteiger charge is 2.52. The van der Waals surface area contributed by atoms with Gasteiger partial charge >= 0.3 is 7.12 Å². The van der Waals surface area contributed by atoms with Crippen molar-refractivity contribution in [2.75, 3.05) is 7.11 Å². The fraction of sp³-hybridized carbons (Fsp3) is 0.500. The second kappa shape index (κ2) is 6.31. The van der Waals surface area contributed by atoms with Crippen LogP contribution in [0.2, 0.25) is 10.0 Å². The molecule has 4 nitrogen and oxygen atoms in total. The fourth-order valence-corrected chi connectivity index (χ4v) is 3.76. The molecular formula is C18H21BCl2O4. The van der Waals surface area contributed by atoms with Crippen molar-refractivity contribution in [3.63, 3.8) is 0 Å². The fourth-order valence-electron chi connectivity index (χ4n) is 3.06. The Balaban J connectivity index is 2.02. The summed E-state index contributed by atoms with van der Waals surface area (Å²) in [6.07, 6.45) is 0.973. The van der Waals surface area contributed by atoms with Crippen LogP contribution in [0.15, 0.2) is 17.9 Å². The van der Waals surface area contributed by atoms with Gasteiger partial charge in [0, 0.05) is 28.5 Å². The van der Waals surface area contributed by atoms with Gasteiger partial charge in [-0.3, -0.25) is 4.79 Å². The van der Waals surface area contributed by atoms with Gasteiger partial charge in [0.2, 0.25) is 0 Å². The first-order chi connectivity index (χ1) is 11.6. The lowest BCUT2D eigenvalue weighted by molar-refractivity contribution is -0.113. The molecule has 0 N–H and O–H groups in total. The van der Waals surface area contributed by atoms with Crippen molar-refractivity contribution in [1.82, 2.24) is 0 Å². The molecule has 1 aliphatic heterocycles. The Morgan fingerprint density at radius 1 is 1.04 bits per heavy atom. The van der Waals surface area contributed by atoms with Crippen LogP contribution in [0.3, 0.4) is 0 Å². The maximum absolute atomic E-state index is 12.3. The SMILES string of the molecule is COC1=C(c2c(Cl)cc(B3OC(C)(C)C(C)(C)O3)cc2Cl)C(=O)CC1. The van der Waals surface area contributed by atoms with E-state index in [0.29, 0.717) is 39.8 Å². The lowest BCUT2D eigenvalue weighted by Gasteiger charge is -2.32. The van der Waals surface area contributed by atoms with Gasteiger partial charge in [-0.25, -0.2) is 0 Å². The first kappa shape index (κ1) is 18.8. The summed E-state index contributed by atoms with van der Waals surface area (Å²) in [4.78, 5) is 12.3. The molecule has 0 bridgehead atoms. The van der Waals surface area contributed by atoms with Crippen LogP contribution >= 0.6 is 23.2 Å². The summed E-state index contributed by atoms with van der Waals surface area (Å²) >= 11 is 13.0. The van der Waals surface area contributed by atoms with E-state index >= 15 is 0 Å². The summed E-state index contributed by atoms with van der Waals surface area (Å²) in [5.74, 6) is 0.612. The van der Waals surface area contributed by atoms with Crippen molar-refractivity contribution >= 4 is 47.1 Å². The van der Waals surface area contributed by atoms with E-state index in [9.17, 15) is 4.79 Å². The standard InChI is InChI=1S/C18H21BCl2O4/c1-17(2)18(3,4)25-19(24-17)10-8-11(20)15(12(21)9-10)16-13(22)6-7-14(16)23-5/h8-9H,6-7H2,1-5H3. The molecule has 1 heterocycles. The first-order valence-corrected chi connectivity index (χ1v) is 8.98. The number of benzene rings is 1. The predicted octanol–water partition coefficient (Wildman–Crippen LogP) is 4.01. The molecule has 0 radical (unpaired) electrons. The number of rotatable bonds is 3. The van der Waals surface area contributed by atoms with Crippen molar-refractivity contribution in [3.05, 3.63) is 33.5 Å². The number of hydrogen-bond acceptors (Lipinski definition) is 4. The highest BCUT2D eigenvalue weighted by Crippen LogP contribution is 2.40. The minimum Gasteiger partial charge on any atom is -0.500 e.